The van der Waals surface area contributed by atoms with E-state index in [4.69, 9.17) is 44.0 Å². The summed E-state index contributed by atoms with van der Waals surface area (Å²) >= 11 is 0.526. The molecule has 0 amide bonds. The van der Waals surface area contributed by atoms with Gasteiger partial charge in [-0.15, -0.1) is 0 Å². The van der Waals surface area contributed by atoms with Crippen LogP contribution in [0, 0.1) is 5.41 Å². The number of ether oxygens (including phenoxy) is 4. The molecule has 3 aliphatic heterocycles. The Bertz CT molecular complexity index is 2220. The number of fused-ring (bicyclic) bond motifs is 5. The molecule has 3 aliphatic rings. The molecule has 2 unspecified atom stereocenters. The van der Waals surface area contributed by atoms with Gasteiger partial charge >= 0.3 is 13.8 Å². The van der Waals surface area contributed by atoms with Crippen LogP contribution in [0.1, 0.15) is 33.2 Å². The highest BCUT2D eigenvalue weighted by molar-refractivity contribution is 8.56. The number of nitrogen functional groups attached to an aromatic ring is 2. The Morgan fingerprint density at radius 1 is 1.00 bits per heavy atom. The summed E-state index contributed by atoms with van der Waals surface area (Å²) in [6, 6.07) is 0. The zero-order chi connectivity index (χ0) is 38.7. The standard InChI is InChI=1S/C27H34F2N10O12P2S/c1-27(2,3)25(41)46-10-54-52(42)9-45-17-12(50-23(14(17)29)38-7-34-15-19(30)32-6-33-20(15)38)5-48-53(43,44)51-18-13(28)11(4-47-52)49-24(18)39-8-35-16-21(39)36-26(31)37-22(16)40/h6-8,11-14,17-18,23-24H,4-5,9-10H2,1-3H3,(H,43,44)(H2,30,32,33)(H3,31,36,37,40)/t11-,12-,13-,14-,17-,18-,23-,24-,52?/m1/s1. The minimum absolute atomic E-state index is 0.00323. The highest BCUT2D eigenvalue weighted by Crippen LogP contribution is 2.61. The molecule has 54 heavy (non-hydrogen) atoms. The average Bonchev–Trinajstić information content (AvgIpc) is 3.86. The molecule has 0 aromatic carbocycles. The van der Waals surface area contributed by atoms with Crippen molar-refractivity contribution in [1.82, 2.24) is 39.0 Å². The maximum atomic E-state index is 16.4. The van der Waals surface area contributed by atoms with Gasteiger partial charge in [0.15, 0.2) is 47.4 Å². The number of esters is 1. The van der Waals surface area contributed by atoms with E-state index in [1.807, 2.05) is 0 Å². The fourth-order valence-electron chi connectivity index (χ4n) is 5.81. The lowest BCUT2D eigenvalue weighted by atomic mass is 9.98. The molecule has 10 atom stereocenters. The van der Waals surface area contributed by atoms with Gasteiger partial charge in [0, 0.05) is 0 Å². The van der Waals surface area contributed by atoms with Crippen molar-refractivity contribution in [2.75, 3.05) is 37.0 Å². The summed E-state index contributed by atoms with van der Waals surface area (Å²) in [5.74, 6) is -1.45. The fraction of sp³-hybridized carbons (Fsp3) is 0.593. The van der Waals surface area contributed by atoms with Gasteiger partial charge in [-0.2, -0.15) is 4.98 Å². The molecule has 0 aliphatic carbocycles. The number of nitrogens with zero attached hydrogens (tertiary/aromatic N) is 7. The smallest absolute Gasteiger partial charge is 0.454 e. The largest absolute Gasteiger partial charge is 0.472 e. The van der Waals surface area contributed by atoms with E-state index < -0.39 is 106 Å². The number of hydrogen-bond donors (Lipinski definition) is 4. The Morgan fingerprint density at radius 3 is 2.43 bits per heavy atom. The Morgan fingerprint density at radius 2 is 1.69 bits per heavy atom. The summed E-state index contributed by atoms with van der Waals surface area (Å²) in [4.78, 5) is 58.1. The van der Waals surface area contributed by atoms with Gasteiger partial charge in [-0.1, -0.05) is 0 Å². The number of hydrogen-bond acceptors (Lipinski definition) is 19. The van der Waals surface area contributed by atoms with Gasteiger partial charge in [-0.25, -0.2) is 33.3 Å². The number of halogens is 2. The number of nitrogens with two attached hydrogens (primary N) is 2. The lowest BCUT2D eigenvalue weighted by Crippen LogP contribution is -2.36. The number of carbonyl (C=O) groups excluding carboxylic acids is 1. The zero-order valence-corrected chi connectivity index (χ0v) is 31.1. The molecule has 7 heterocycles. The minimum Gasteiger partial charge on any atom is -0.454 e. The number of imidazole rings is 2. The van der Waals surface area contributed by atoms with Crippen LogP contribution >= 0.6 is 25.8 Å². The van der Waals surface area contributed by atoms with Crippen LogP contribution in [-0.4, -0.2) is 112 Å². The summed E-state index contributed by atoms with van der Waals surface area (Å²) < 4.78 is 102. The van der Waals surface area contributed by atoms with E-state index >= 15 is 8.78 Å². The van der Waals surface area contributed by atoms with Crippen molar-refractivity contribution in [2.45, 2.75) is 70.0 Å². The van der Waals surface area contributed by atoms with Gasteiger partial charge in [-0.3, -0.25) is 37.3 Å². The lowest BCUT2D eigenvalue weighted by Gasteiger charge is -2.26. The molecule has 2 bridgehead atoms. The second kappa shape index (κ2) is 14.5. The predicted octanol–water partition coefficient (Wildman–Crippen LogP) is 1.94. The maximum absolute atomic E-state index is 16.4. The van der Waals surface area contributed by atoms with E-state index in [0.717, 1.165) is 17.2 Å². The summed E-state index contributed by atoms with van der Waals surface area (Å²) in [7, 11) is -5.25. The molecule has 0 radical (unpaired) electrons. The number of phosphoric ester groups is 1. The molecule has 22 nitrogen and oxygen atoms in total. The van der Waals surface area contributed by atoms with E-state index in [1.54, 1.807) is 20.8 Å². The molecule has 4 aromatic heterocycles. The van der Waals surface area contributed by atoms with E-state index in [-0.39, 0.29) is 34.1 Å². The van der Waals surface area contributed by atoms with Gasteiger partial charge in [0.1, 0.15) is 48.5 Å². The molecule has 294 valence electrons. The van der Waals surface area contributed by atoms with Crippen molar-refractivity contribution in [3.63, 3.8) is 0 Å². The first-order valence-corrected chi connectivity index (χ1v) is 20.9. The minimum atomic E-state index is -5.25. The summed E-state index contributed by atoms with van der Waals surface area (Å²) in [5, 5.41) is 0. The van der Waals surface area contributed by atoms with E-state index in [9.17, 15) is 23.6 Å². The monoisotopic (exact) mass is 822 g/mol. The van der Waals surface area contributed by atoms with Crippen LogP contribution in [0.5, 0.6) is 0 Å². The first-order chi connectivity index (χ1) is 25.4. The van der Waals surface area contributed by atoms with E-state index in [1.165, 1.54) is 10.9 Å². The number of carbonyl (C=O) groups is 1. The lowest BCUT2D eigenvalue weighted by molar-refractivity contribution is -0.150. The highest BCUT2D eigenvalue weighted by Gasteiger charge is 2.54. The predicted molar refractivity (Wildman–Crippen MR) is 182 cm³/mol. The topological polar surface area (TPSA) is 295 Å². The third-order valence-corrected chi connectivity index (χ3v) is 13.2. The van der Waals surface area contributed by atoms with Crippen molar-refractivity contribution in [1.29, 1.82) is 0 Å². The zero-order valence-electron chi connectivity index (χ0n) is 28.5. The Hall–Kier alpha value is -3.64. The first-order valence-electron chi connectivity index (χ1n) is 16.0. The van der Waals surface area contributed by atoms with Crippen LogP contribution in [-0.2, 0) is 46.4 Å². The fourth-order valence-corrected chi connectivity index (χ4v) is 9.46. The molecule has 6 N–H and O–H groups in total. The second-order valence-corrected chi connectivity index (χ2v) is 19.4. The number of phosphoric acid groups is 1. The highest BCUT2D eigenvalue weighted by atomic mass is 32.7. The third kappa shape index (κ3) is 7.49. The van der Waals surface area contributed by atoms with Crippen LogP contribution in [0.3, 0.4) is 0 Å². The van der Waals surface area contributed by atoms with Crippen molar-refractivity contribution >= 4 is 65.8 Å². The Kier molecular flexibility index (Phi) is 10.3. The van der Waals surface area contributed by atoms with E-state index in [0.29, 0.717) is 11.4 Å². The van der Waals surface area contributed by atoms with Gasteiger partial charge < -0.3 is 39.8 Å². The molecule has 0 saturated carbocycles. The molecule has 3 saturated heterocycles. The number of rotatable bonds is 5. The van der Waals surface area contributed by atoms with Crippen molar-refractivity contribution in [3.05, 3.63) is 29.3 Å². The van der Waals surface area contributed by atoms with Crippen LogP contribution in [0.4, 0.5) is 20.5 Å². The number of H-pyrrole nitrogens is 1. The second-order valence-electron chi connectivity index (χ2n) is 13.3. The van der Waals surface area contributed by atoms with Crippen LogP contribution in [0.2, 0.25) is 0 Å². The van der Waals surface area contributed by atoms with Crippen LogP contribution in [0.15, 0.2) is 23.8 Å². The molecule has 3 fully saturated rings. The summed E-state index contributed by atoms with van der Waals surface area (Å²) in [6.07, 6.45) is -11.7. The SMILES string of the molecule is CC(C)(C)C(=O)OCSP1(=O)CO[C@H]2[C@@H](F)[C@H](n3cnc4c(N)ncnc43)O[C@@H]2COP(=O)(O)O[C@@H]2[C@H](F)[C@@H](CO1)O[C@H]2n1cnc2c(=O)[nH]c(N)nc21. The van der Waals surface area contributed by atoms with Crippen LogP contribution in [0.25, 0.3) is 22.3 Å². The molecular formula is C27H34F2N10O12P2S. The molecule has 7 rings (SSSR count). The summed E-state index contributed by atoms with van der Waals surface area (Å²) in [5.41, 5.74) is 9.76. The number of aromatic amines is 1. The van der Waals surface area contributed by atoms with Crippen molar-refractivity contribution in [2.24, 2.45) is 5.41 Å². The van der Waals surface area contributed by atoms with E-state index in [2.05, 4.69) is 29.9 Å². The summed E-state index contributed by atoms with van der Waals surface area (Å²) in [6.45, 7) is -1.04. The average molecular weight is 823 g/mol. The Labute approximate surface area is 306 Å². The number of alkyl halides is 2. The third-order valence-electron chi connectivity index (χ3n) is 8.49. The molecular weight excluding hydrogens is 788 g/mol. The Balaban J connectivity index is 1.22. The molecule has 0 spiro atoms. The molecule has 27 heteroatoms. The van der Waals surface area contributed by atoms with Crippen molar-refractivity contribution in [3.8, 4) is 0 Å². The van der Waals surface area contributed by atoms with Gasteiger partial charge in [0.05, 0.1) is 31.3 Å². The van der Waals surface area contributed by atoms with Crippen LogP contribution < -0.4 is 17.0 Å². The van der Waals surface area contributed by atoms with Gasteiger partial charge in [0.2, 0.25) is 5.95 Å². The first kappa shape index (κ1) is 38.6. The maximum Gasteiger partial charge on any atom is 0.472 e. The van der Waals surface area contributed by atoms with Crippen molar-refractivity contribution < 1.29 is 60.1 Å². The number of anilines is 2. The number of aromatic nitrogens is 8. The quantitative estimate of drug-likeness (QED) is 0.127. The number of nitrogens with one attached hydrogen (secondary N) is 1. The normalized spacial score (nSPS) is 33.8. The van der Waals surface area contributed by atoms with Gasteiger partial charge in [0.25, 0.3) is 12.1 Å². The molecule has 4 aromatic rings. The van der Waals surface area contributed by atoms with Gasteiger partial charge in [-0.05, 0) is 32.2 Å².